The maximum absolute atomic E-state index is 13.1. The standard InChI is InChI=1S/C20H33FN4O2.HI/c1-4-22-20(24-18-9-11-25(12-10-18)13-14-26-2)23-15-19(27-3)16-5-7-17(21)8-6-16;/h5-8,18-19H,4,9-15H2,1-3H3,(H2,22,23,24);1H. The van der Waals surface area contributed by atoms with Crippen molar-refractivity contribution in [3.63, 3.8) is 0 Å². The smallest absolute Gasteiger partial charge is 0.191 e. The molecule has 0 amide bonds. The molecule has 1 aliphatic heterocycles. The van der Waals surface area contributed by atoms with Gasteiger partial charge in [-0.25, -0.2) is 4.39 Å². The molecule has 1 aromatic carbocycles. The van der Waals surface area contributed by atoms with Crippen LogP contribution < -0.4 is 10.6 Å². The summed E-state index contributed by atoms with van der Waals surface area (Å²) in [5.41, 5.74) is 0.921. The summed E-state index contributed by atoms with van der Waals surface area (Å²) in [5, 5.41) is 6.84. The molecule has 0 aromatic heterocycles. The van der Waals surface area contributed by atoms with Gasteiger partial charge in [0.05, 0.1) is 13.2 Å². The number of piperidine rings is 1. The van der Waals surface area contributed by atoms with Crippen LogP contribution in [0.5, 0.6) is 0 Å². The zero-order chi connectivity index (χ0) is 19.5. The van der Waals surface area contributed by atoms with Gasteiger partial charge in [-0.05, 0) is 37.5 Å². The lowest BCUT2D eigenvalue weighted by atomic mass is 10.1. The van der Waals surface area contributed by atoms with E-state index in [0.717, 1.165) is 57.2 Å². The molecule has 0 spiro atoms. The molecule has 0 aliphatic carbocycles. The van der Waals surface area contributed by atoms with E-state index < -0.39 is 0 Å². The Kier molecular flexibility index (Phi) is 12.6. The van der Waals surface area contributed by atoms with Gasteiger partial charge in [0.15, 0.2) is 5.96 Å². The molecule has 1 aliphatic rings. The van der Waals surface area contributed by atoms with Crippen LogP contribution in [0.3, 0.4) is 0 Å². The minimum Gasteiger partial charge on any atom is -0.383 e. The zero-order valence-electron chi connectivity index (χ0n) is 17.1. The molecule has 160 valence electrons. The summed E-state index contributed by atoms with van der Waals surface area (Å²) in [6.07, 6.45) is 1.97. The topological polar surface area (TPSA) is 58.1 Å². The van der Waals surface area contributed by atoms with Gasteiger partial charge in [0.1, 0.15) is 11.9 Å². The van der Waals surface area contributed by atoms with Crippen LogP contribution in [0.2, 0.25) is 0 Å². The minimum absolute atomic E-state index is 0. The summed E-state index contributed by atoms with van der Waals surface area (Å²) in [7, 11) is 3.40. The number of nitrogens with one attached hydrogen (secondary N) is 2. The van der Waals surface area contributed by atoms with Gasteiger partial charge in [0.2, 0.25) is 0 Å². The molecule has 28 heavy (non-hydrogen) atoms. The Balaban J connectivity index is 0.00000392. The second-order valence-corrected chi connectivity index (χ2v) is 6.75. The third kappa shape index (κ3) is 8.59. The lowest BCUT2D eigenvalue weighted by Crippen LogP contribution is -2.49. The number of aliphatic imine (C=N–C) groups is 1. The number of benzene rings is 1. The quantitative estimate of drug-likeness (QED) is 0.305. The van der Waals surface area contributed by atoms with E-state index >= 15 is 0 Å². The van der Waals surface area contributed by atoms with Gasteiger partial charge in [-0.1, -0.05) is 12.1 Å². The highest BCUT2D eigenvalue weighted by molar-refractivity contribution is 14.0. The monoisotopic (exact) mass is 508 g/mol. The number of guanidine groups is 1. The molecule has 0 bridgehead atoms. The summed E-state index contributed by atoms with van der Waals surface area (Å²) in [6, 6.07) is 6.80. The zero-order valence-corrected chi connectivity index (χ0v) is 19.4. The summed E-state index contributed by atoms with van der Waals surface area (Å²) >= 11 is 0. The van der Waals surface area contributed by atoms with Crippen molar-refractivity contribution < 1.29 is 13.9 Å². The third-order valence-electron chi connectivity index (χ3n) is 4.83. The van der Waals surface area contributed by atoms with Gasteiger partial charge in [0.25, 0.3) is 0 Å². The van der Waals surface area contributed by atoms with Gasteiger partial charge in [0, 0.05) is 46.4 Å². The molecule has 6 nitrogen and oxygen atoms in total. The summed E-state index contributed by atoms with van der Waals surface area (Å²) in [5.74, 6) is 0.556. The Morgan fingerprint density at radius 1 is 1.25 bits per heavy atom. The van der Waals surface area contributed by atoms with Gasteiger partial charge >= 0.3 is 0 Å². The molecular formula is C20H34FIN4O2. The molecule has 1 heterocycles. The Morgan fingerprint density at radius 2 is 1.93 bits per heavy atom. The van der Waals surface area contributed by atoms with Crippen molar-refractivity contribution in [2.45, 2.75) is 31.9 Å². The van der Waals surface area contributed by atoms with Crippen LogP contribution in [0, 0.1) is 5.82 Å². The summed E-state index contributed by atoms with van der Waals surface area (Å²) < 4.78 is 23.8. The first-order valence-electron chi connectivity index (χ1n) is 9.70. The van der Waals surface area contributed by atoms with Crippen molar-refractivity contribution in [2.75, 3.05) is 53.6 Å². The van der Waals surface area contributed by atoms with Gasteiger partial charge < -0.3 is 25.0 Å². The van der Waals surface area contributed by atoms with Crippen molar-refractivity contribution in [1.82, 2.24) is 15.5 Å². The summed E-state index contributed by atoms with van der Waals surface area (Å²) in [6.45, 7) is 7.23. The van der Waals surface area contributed by atoms with E-state index in [0.29, 0.717) is 12.6 Å². The predicted octanol–water partition coefficient (Wildman–Crippen LogP) is 2.80. The van der Waals surface area contributed by atoms with Crippen molar-refractivity contribution in [3.05, 3.63) is 35.6 Å². The largest absolute Gasteiger partial charge is 0.383 e. The van der Waals surface area contributed by atoms with E-state index in [4.69, 9.17) is 9.47 Å². The first kappa shape index (κ1) is 25.1. The van der Waals surface area contributed by atoms with Crippen LogP contribution in [-0.4, -0.2) is 70.5 Å². The van der Waals surface area contributed by atoms with Crippen molar-refractivity contribution >= 4 is 29.9 Å². The Labute approximate surface area is 185 Å². The Hall–Kier alpha value is -0.970. The number of methoxy groups -OCH3 is 2. The van der Waals surface area contributed by atoms with Crippen LogP contribution in [0.4, 0.5) is 4.39 Å². The highest BCUT2D eigenvalue weighted by Crippen LogP contribution is 2.17. The Bertz CT molecular complexity index is 566. The molecule has 1 atom stereocenters. The SMILES string of the molecule is CCNC(=NCC(OC)c1ccc(F)cc1)NC1CCN(CCOC)CC1.I. The van der Waals surface area contributed by atoms with Crippen LogP contribution in [0.15, 0.2) is 29.3 Å². The molecule has 2 N–H and O–H groups in total. The fourth-order valence-corrected chi connectivity index (χ4v) is 3.20. The Morgan fingerprint density at radius 3 is 2.50 bits per heavy atom. The maximum Gasteiger partial charge on any atom is 0.191 e. The van der Waals surface area contributed by atoms with Crippen molar-refractivity contribution in [3.8, 4) is 0 Å². The second kappa shape index (κ2) is 14.1. The van der Waals surface area contributed by atoms with Crippen LogP contribution in [0.1, 0.15) is 31.4 Å². The first-order chi connectivity index (χ1) is 13.2. The number of likely N-dealkylation sites (tertiary alicyclic amines) is 1. The molecule has 1 aromatic rings. The highest BCUT2D eigenvalue weighted by Gasteiger charge is 2.20. The lowest BCUT2D eigenvalue weighted by Gasteiger charge is -2.33. The number of halogens is 2. The molecular weight excluding hydrogens is 474 g/mol. The van der Waals surface area contributed by atoms with E-state index in [1.165, 1.54) is 12.1 Å². The van der Waals surface area contributed by atoms with Gasteiger partial charge in [-0.15, -0.1) is 24.0 Å². The molecule has 1 saturated heterocycles. The second-order valence-electron chi connectivity index (χ2n) is 6.75. The summed E-state index contributed by atoms with van der Waals surface area (Å²) in [4.78, 5) is 7.12. The van der Waals surface area contributed by atoms with E-state index in [9.17, 15) is 4.39 Å². The maximum atomic E-state index is 13.1. The molecule has 2 rings (SSSR count). The minimum atomic E-state index is -0.246. The van der Waals surface area contributed by atoms with E-state index in [-0.39, 0.29) is 35.9 Å². The first-order valence-corrected chi connectivity index (χ1v) is 9.70. The molecule has 8 heteroatoms. The molecule has 0 radical (unpaired) electrons. The van der Waals surface area contributed by atoms with Gasteiger partial charge in [-0.2, -0.15) is 0 Å². The fraction of sp³-hybridized carbons (Fsp3) is 0.650. The van der Waals surface area contributed by atoms with Gasteiger partial charge in [-0.3, -0.25) is 4.99 Å². The number of hydrogen-bond acceptors (Lipinski definition) is 4. The predicted molar refractivity (Wildman–Crippen MR) is 122 cm³/mol. The highest BCUT2D eigenvalue weighted by atomic mass is 127. The van der Waals surface area contributed by atoms with E-state index in [1.807, 2.05) is 0 Å². The van der Waals surface area contributed by atoms with Crippen molar-refractivity contribution in [1.29, 1.82) is 0 Å². The van der Waals surface area contributed by atoms with Crippen molar-refractivity contribution in [2.24, 2.45) is 4.99 Å². The molecule has 1 unspecified atom stereocenters. The number of rotatable bonds is 9. The fourth-order valence-electron chi connectivity index (χ4n) is 3.20. The number of ether oxygens (including phenoxy) is 2. The number of nitrogens with zero attached hydrogens (tertiary/aromatic N) is 2. The molecule has 1 fully saturated rings. The lowest BCUT2D eigenvalue weighted by molar-refractivity contribution is 0.110. The average Bonchev–Trinajstić information content (AvgIpc) is 2.69. The van der Waals surface area contributed by atoms with Crippen LogP contribution in [-0.2, 0) is 9.47 Å². The number of hydrogen-bond donors (Lipinski definition) is 2. The molecule has 0 saturated carbocycles. The van der Waals surface area contributed by atoms with E-state index in [2.05, 4.69) is 27.4 Å². The average molecular weight is 508 g/mol. The normalized spacial score (nSPS) is 17.1. The third-order valence-corrected chi connectivity index (χ3v) is 4.83. The van der Waals surface area contributed by atoms with Crippen LogP contribution in [0.25, 0.3) is 0 Å². The van der Waals surface area contributed by atoms with E-state index in [1.54, 1.807) is 26.4 Å². The van der Waals surface area contributed by atoms with Crippen LogP contribution >= 0.6 is 24.0 Å².